The quantitative estimate of drug-likeness (QED) is 0.886. The summed E-state index contributed by atoms with van der Waals surface area (Å²) in [7, 11) is 0. The zero-order valence-corrected chi connectivity index (χ0v) is 11.1. The molecule has 0 aliphatic carbocycles. The number of amides is 1. The minimum atomic E-state index is -0.124. The highest BCUT2D eigenvalue weighted by atomic mass is 16.3. The third-order valence-corrected chi connectivity index (χ3v) is 3.16. The number of hydrogen-bond donors (Lipinski definition) is 2. The number of aryl methyl sites for hydroxylation is 2. The Labute approximate surface area is 112 Å². The van der Waals surface area contributed by atoms with Gasteiger partial charge >= 0.3 is 0 Å². The van der Waals surface area contributed by atoms with E-state index in [9.17, 15) is 9.90 Å². The summed E-state index contributed by atoms with van der Waals surface area (Å²) >= 11 is 0. The molecular formula is C16H17NO2. The number of benzene rings is 2. The van der Waals surface area contributed by atoms with Gasteiger partial charge in [0.25, 0.3) is 5.91 Å². The van der Waals surface area contributed by atoms with E-state index in [1.807, 2.05) is 38.1 Å². The second kappa shape index (κ2) is 5.57. The van der Waals surface area contributed by atoms with Crippen molar-refractivity contribution >= 4 is 5.91 Å². The average molecular weight is 255 g/mol. The lowest BCUT2D eigenvalue weighted by Gasteiger charge is -2.09. The molecule has 3 nitrogen and oxygen atoms in total. The van der Waals surface area contributed by atoms with Crippen LogP contribution in [0.25, 0.3) is 0 Å². The van der Waals surface area contributed by atoms with Crippen LogP contribution in [0, 0.1) is 13.8 Å². The van der Waals surface area contributed by atoms with E-state index in [4.69, 9.17) is 0 Å². The average Bonchev–Trinajstić information content (AvgIpc) is 2.37. The van der Waals surface area contributed by atoms with Crippen LogP contribution < -0.4 is 5.32 Å². The molecule has 19 heavy (non-hydrogen) atoms. The Bertz CT molecular complexity index is 605. The van der Waals surface area contributed by atoms with Gasteiger partial charge in [0, 0.05) is 12.1 Å². The van der Waals surface area contributed by atoms with Gasteiger partial charge in [0.15, 0.2) is 0 Å². The number of rotatable bonds is 3. The number of aromatic hydroxyl groups is 1. The van der Waals surface area contributed by atoms with Crippen LogP contribution in [0.2, 0.25) is 0 Å². The number of carbonyl (C=O) groups excluding carboxylic acids is 1. The van der Waals surface area contributed by atoms with Crippen LogP contribution in [0.1, 0.15) is 27.0 Å². The summed E-state index contributed by atoms with van der Waals surface area (Å²) in [6.45, 7) is 4.33. The van der Waals surface area contributed by atoms with Gasteiger partial charge in [-0.05, 0) is 48.7 Å². The highest BCUT2D eigenvalue weighted by Gasteiger charge is 2.09. The van der Waals surface area contributed by atoms with Gasteiger partial charge in [-0.15, -0.1) is 0 Å². The summed E-state index contributed by atoms with van der Waals surface area (Å²) in [5.41, 5.74) is 3.62. The SMILES string of the molecule is Cc1ccccc1CNC(=O)c1ccc(O)cc1C. The molecule has 0 aromatic heterocycles. The molecule has 0 heterocycles. The van der Waals surface area contributed by atoms with Crippen LogP contribution in [0.4, 0.5) is 0 Å². The molecule has 0 radical (unpaired) electrons. The van der Waals surface area contributed by atoms with Crippen LogP contribution in [-0.2, 0) is 6.54 Å². The molecule has 0 fully saturated rings. The van der Waals surface area contributed by atoms with Gasteiger partial charge in [-0.25, -0.2) is 0 Å². The molecule has 0 atom stereocenters. The topological polar surface area (TPSA) is 49.3 Å². The van der Waals surface area contributed by atoms with E-state index in [1.54, 1.807) is 12.1 Å². The Morgan fingerprint density at radius 2 is 1.84 bits per heavy atom. The minimum Gasteiger partial charge on any atom is -0.508 e. The molecule has 3 heteroatoms. The first kappa shape index (κ1) is 13.1. The van der Waals surface area contributed by atoms with Crippen LogP contribution in [0.3, 0.4) is 0 Å². The third-order valence-electron chi connectivity index (χ3n) is 3.16. The van der Waals surface area contributed by atoms with E-state index in [0.717, 1.165) is 16.7 Å². The van der Waals surface area contributed by atoms with E-state index in [0.29, 0.717) is 12.1 Å². The molecule has 0 aliphatic heterocycles. The summed E-state index contributed by atoms with van der Waals surface area (Å²) in [6, 6.07) is 12.7. The Morgan fingerprint density at radius 3 is 2.53 bits per heavy atom. The molecule has 0 bridgehead atoms. The smallest absolute Gasteiger partial charge is 0.251 e. The number of nitrogens with one attached hydrogen (secondary N) is 1. The van der Waals surface area contributed by atoms with Gasteiger partial charge in [-0.3, -0.25) is 4.79 Å². The van der Waals surface area contributed by atoms with E-state index in [-0.39, 0.29) is 11.7 Å². The molecule has 0 saturated carbocycles. The summed E-state index contributed by atoms with van der Waals surface area (Å²) in [4.78, 5) is 12.1. The number of carbonyl (C=O) groups is 1. The number of hydrogen-bond acceptors (Lipinski definition) is 2. The third kappa shape index (κ3) is 3.13. The largest absolute Gasteiger partial charge is 0.508 e. The Balaban J connectivity index is 2.08. The van der Waals surface area contributed by atoms with Crippen molar-refractivity contribution in [2.45, 2.75) is 20.4 Å². The van der Waals surface area contributed by atoms with Crippen molar-refractivity contribution in [3.8, 4) is 5.75 Å². The van der Waals surface area contributed by atoms with Crippen molar-refractivity contribution < 1.29 is 9.90 Å². The molecule has 98 valence electrons. The molecule has 0 spiro atoms. The molecular weight excluding hydrogens is 238 g/mol. The van der Waals surface area contributed by atoms with Crippen molar-refractivity contribution in [3.63, 3.8) is 0 Å². The molecule has 2 rings (SSSR count). The Hall–Kier alpha value is -2.29. The first-order valence-electron chi connectivity index (χ1n) is 6.20. The first-order valence-corrected chi connectivity index (χ1v) is 6.20. The maximum Gasteiger partial charge on any atom is 0.251 e. The van der Waals surface area contributed by atoms with Gasteiger partial charge in [-0.2, -0.15) is 0 Å². The number of phenolic OH excluding ortho intramolecular Hbond substituents is 1. The van der Waals surface area contributed by atoms with Crippen molar-refractivity contribution in [2.75, 3.05) is 0 Å². The Kier molecular flexibility index (Phi) is 3.85. The molecule has 0 aliphatic rings. The summed E-state index contributed by atoms with van der Waals surface area (Å²) in [5.74, 6) is 0.0497. The van der Waals surface area contributed by atoms with Gasteiger partial charge in [0.05, 0.1) is 0 Å². The van der Waals surface area contributed by atoms with Crippen LogP contribution >= 0.6 is 0 Å². The molecule has 0 saturated heterocycles. The fourth-order valence-electron chi connectivity index (χ4n) is 1.98. The highest BCUT2D eigenvalue weighted by Crippen LogP contribution is 2.15. The van der Waals surface area contributed by atoms with Crippen molar-refractivity contribution in [1.29, 1.82) is 0 Å². The fourth-order valence-corrected chi connectivity index (χ4v) is 1.98. The summed E-state index contributed by atoms with van der Waals surface area (Å²) in [6.07, 6.45) is 0. The van der Waals surface area contributed by atoms with Crippen molar-refractivity contribution in [1.82, 2.24) is 5.32 Å². The zero-order valence-electron chi connectivity index (χ0n) is 11.1. The monoisotopic (exact) mass is 255 g/mol. The lowest BCUT2D eigenvalue weighted by molar-refractivity contribution is 0.0950. The first-order chi connectivity index (χ1) is 9.08. The zero-order chi connectivity index (χ0) is 13.8. The van der Waals surface area contributed by atoms with Gasteiger partial charge in [0.1, 0.15) is 5.75 Å². The number of phenols is 1. The second-order valence-corrected chi connectivity index (χ2v) is 4.61. The summed E-state index contributed by atoms with van der Waals surface area (Å²) in [5, 5.41) is 12.2. The van der Waals surface area contributed by atoms with Crippen LogP contribution in [0.5, 0.6) is 5.75 Å². The molecule has 1 amide bonds. The van der Waals surface area contributed by atoms with Crippen molar-refractivity contribution in [3.05, 3.63) is 64.7 Å². The predicted molar refractivity (Wildman–Crippen MR) is 75.2 cm³/mol. The summed E-state index contributed by atoms with van der Waals surface area (Å²) < 4.78 is 0. The van der Waals surface area contributed by atoms with Gasteiger partial charge in [0.2, 0.25) is 0 Å². The maximum absolute atomic E-state index is 12.1. The lowest BCUT2D eigenvalue weighted by Crippen LogP contribution is -2.23. The Morgan fingerprint density at radius 1 is 1.11 bits per heavy atom. The lowest BCUT2D eigenvalue weighted by atomic mass is 10.1. The molecule has 2 aromatic carbocycles. The predicted octanol–water partition coefficient (Wildman–Crippen LogP) is 2.94. The van der Waals surface area contributed by atoms with E-state index < -0.39 is 0 Å². The van der Waals surface area contributed by atoms with E-state index in [1.165, 1.54) is 6.07 Å². The molecule has 2 N–H and O–H groups in total. The van der Waals surface area contributed by atoms with Crippen molar-refractivity contribution in [2.24, 2.45) is 0 Å². The van der Waals surface area contributed by atoms with Crippen LogP contribution in [-0.4, -0.2) is 11.0 Å². The highest BCUT2D eigenvalue weighted by molar-refractivity contribution is 5.95. The fraction of sp³-hybridized carbons (Fsp3) is 0.188. The standard InChI is InChI=1S/C16H17NO2/c1-11-5-3-4-6-13(11)10-17-16(19)15-8-7-14(18)9-12(15)2/h3-9,18H,10H2,1-2H3,(H,17,19). The maximum atomic E-state index is 12.1. The normalized spacial score (nSPS) is 10.2. The van der Waals surface area contributed by atoms with Gasteiger partial charge in [-0.1, -0.05) is 24.3 Å². The van der Waals surface area contributed by atoms with E-state index in [2.05, 4.69) is 5.32 Å². The van der Waals surface area contributed by atoms with E-state index >= 15 is 0 Å². The molecule has 0 unspecified atom stereocenters. The van der Waals surface area contributed by atoms with Crippen LogP contribution in [0.15, 0.2) is 42.5 Å². The molecule has 2 aromatic rings. The van der Waals surface area contributed by atoms with Gasteiger partial charge < -0.3 is 10.4 Å². The second-order valence-electron chi connectivity index (χ2n) is 4.61. The minimum absolute atomic E-state index is 0.124.